The van der Waals surface area contributed by atoms with Crippen molar-refractivity contribution in [3.05, 3.63) is 18.0 Å². The maximum absolute atomic E-state index is 4.61. The van der Waals surface area contributed by atoms with Gasteiger partial charge in [-0.1, -0.05) is 33.1 Å². The molecule has 0 saturated heterocycles. The van der Waals surface area contributed by atoms with Gasteiger partial charge in [0.1, 0.15) is 0 Å². The van der Waals surface area contributed by atoms with E-state index in [9.17, 15) is 0 Å². The minimum absolute atomic E-state index is 0.450. The van der Waals surface area contributed by atoms with Gasteiger partial charge in [0.05, 0.1) is 11.7 Å². The molecular weight excluding hydrogens is 222 g/mol. The molecule has 0 aliphatic heterocycles. The van der Waals surface area contributed by atoms with Crippen molar-refractivity contribution in [2.24, 2.45) is 18.9 Å². The average Bonchev–Trinajstić information content (AvgIpc) is 2.82. The molecule has 3 atom stereocenters. The third-order valence-electron chi connectivity index (χ3n) is 4.35. The fraction of sp³-hybridized carbons (Fsp3) is 0.800. The van der Waals surface area contributed by atoms with Gasteiger partial charge >= 0.3 is 0 Å². The second kappa shape index (κ2) is 6.37. The first kappa shape index (κ1) is 13.6. The van der Waals surface area contributed by atoms with E-state index in [0.717, 1.165) is 18.4 Å². The molecule has 2 rings (SSSR count). The van der Waals surface area contributed by atoms with Crippen LogP contribution in [0.15, 0.2) is 12.3 Å². The molecule has 1 aliphatic carbocycles. The van der Waals surface area contributed by atoms with E-state index in [1.54, 1.807) is 0 Å². The summed E-state index contributed by atoms with van der Waals surface area (Å²) in [5, 5.41) is 8.26. The van der Waals surface area contributed by atoms with E-state index >= 15 is 0 Å². The van der Waals surface area contributed by atoms with Crippen molar-refractivity contribution in [1.29, 1.82) is 0 Å². The molecule has 0 bridgehead atoms. The summed E-state index contributed by atoms with van der Waals surface area (Å²) >= 11 is 0. The standard InChI is InChI=1S/C15H27N3/c1-4-12-7-6-8-13(11-12)15(16-5-2)14-9-10-18(3)17-14/h9-10,12-13,15-16H,4-8,11H2,1-3H3. The molecule has 0 radical (unpaired) electrons. The number of nitrogens with zero attached hydrogens (tertiary/aromatic N) is 2. The first-order valence-electron chi connectivity index (χ1n) is 7.47. The molecule has 1 saturated carbocycles. The van der Waals surface area contributed by atoms with Crippen LogP contribution in [0.3, 0.4) is 0 Å². The van der Waals surface area contributed by atoms with Gasteiger partial charge in [-0.2, -0.15) is 5.10 Å². The number of aromatic nitrogens is 2. The van der Waals surface area contributed by atoms with Crippen molar-refractivity contribution < 1.29 is 0 Å². The predicted molar refractivity (Wildman–Crippen MR) is 75.4 cm³/mol. The zero-order valence-electron chi connectivity index (χ0n) is 12.0. The van der Waals surface area contributed by atoms with Gasteiger partial charge in [0, 0.05) is 13.2 Å². The van der Waals surface area contributed by atoms with E-state index in [2.05, 4.69) is 36.5 Å². The average molecular weight is 249 g/mol. The Morgan fingerprint density at radius 3 is 2.89 bits per heavy atom. The van der Waals surface area contributed by atoms with E-state index in [0.29, 0.717) is 6.04 Å². The Balaban J connectivity index is 2.09. The molecule has 1 aromatic rings. The van der Waals surface area contributed by atoms with Gasteiger partial charge in [0.2, 0.25) is 0 Å². The Morgan fingerprint density at radius 1 is 1.44 bits per heavy atom. The summed E-state index contributed by atoms with van der Waals surface area (Å²) in [4.78, 5) is 0. The first-order valence-corrected chi connectivity index (χ1v) is 7.47. The third kappa shape index (κ3) is 3.14. The van der Waals surface area contributed by atoms with Crippen molar-refractivity contribution in [3.63, 3.8) is 0 Å². The molecule has 1 aromatic heterocycles. The van der Waals surface area contributed by atoms with E-state index < -0.39 is 0 Å². The molecule has 3 nitrogen and oxygen atoms in total. The SMILES string of the molecule is CCNC(c1ccn(C)n1)C1CCCC(CC)C1. The fourth-order valence-electron chi connectivity index (χ4n) is 3.34. The van der Waals surface area contributed by atoms with Crippen LogP contribution < -0.4 is 5.32 Å². The van der Waals surface area contributed by atoms with Crippen LogP contribution >= 0.6 is 0 Å². The van der Waals surface area contributed by atoms with Crippen LogP contribution in [0.5, 0.6) is 0 Å². The highest BCUT2D eigenvalue weighted by Crippen LogP contribution is 2.37. The lowest BCUT2D eigenvalue weighted by atomic mass is 9.76. The van der Waals surface area contributed by atoms with Gasteiger partial charge in [-0.25, -0.2) is 0 Å². The first-order chi connectivity index (χ1) is 8.74. The molecule has 1 N–H and O–H groups in total. The van der Waals surface area contributed by atoms with E-state index in [1.165, 1.54) is 37.8 Å². The number of nitrogens with one attached hydrogen (secondary N) is 1. The summed E-state index contributed by atoms with van der Waals surface area (Å²) in [6, 6.07) is 2.62. The van der Waals surface area contributed by atoms with Crippen molar-refractivity contribution >= 4 is 0 Å². The van der Waals surface area contributed by atoms with Crippen LogP contribution in [0.1, 0.15) is 57.7 Å². The summed E-state index contributed by atoms with van der Waals surface area (Å²) in [7, 11) is 2.00. The monoisotopic (exact) mass is 249 g/mol. The van der Waals surface area contributed by atoms with Gasteiger partial charge < -0.3 is 5.32 Å². The third-order valence-corrected chi connectivity index (χ3v) is 4.35. The summed E-state index contributed by atoms with van der Waals surface area (Å²) in [5.74, 6) is 1.69. The predicted octanol–water partition coefficient (Wildman–Crippen LogP) is 3.29. The Labute approximate surface area is 111 Å². The molecule has 1 fully saturated rings. The molecule has 0 aromatic carbocycles. The van der Waals surface area contributed by atoms with Gasteiger partial charge in [-0.3, -0.25) is 4.68 Å². The summed E-state index contributed by atoms with van der Waals surface area (Å²) in [5.41, 5.74) is 1.22. The molecule has 3 unspecified atom stereocenters. The summed E-state index contributed by atoms with van der Waals surface area (Å²) < 4.78 is 1.92. The van der Waals surface area contributed by atoms with Crippen LogP contribution in [-0.2, 0) is 7.05 Å². The fourth-order valence-corrected chi connectivity index (χ4v) is 3.34. The normalized spacial score (nSPS) is 26.2. The molecule has 1 heterocycles. The van der Waals surface area contributed by atoms with Gasteiger partial charge in [-0.05, 0) is 37.3 Å². The van der Waals surface area contributed by atoms with E-state index in [1.807, 2.05) is 11.7 Å². The second-order valence-corrected chi connectivity index (χ2v) is 5.65. The molecule has 0 amide bonds. The highest BCUT2D eigenvalue weighted by atomic mass is 15.3. The second-order valence-electron chi connectivity index (χ2n) is 5.65. The smallest absolute Gasteiger partial charge is 0.0796 e. The number of aryl methyl sites for hydroxylation is 1. The highest BCUT2D eigenvalue weighted by molar-refractivity contribution is 5.07. The van der Waals surface area contributed by atoms with E-state index in [4.69, 9.17) is 0 Å². The van der Waals surface area contributed by atoms with Crippen LogP contribution in [-0.4, -0.2) is 16.3 Å². The van der Waals surface area contributed by atoms with E-state index in [-0.39, 0.29) is 0 Å². The van der Waals surface area contributed by atoms with Crippen LogP contribution in [0, 0.1) is 11.8 Å². The number of rotatable bonds is 5. The summed E-state index contributed by atoms with van der Waals surface area (Å²) in [6.45, 7) is 5.54. The molecule has 0 spiro atoms. The largest absolute Gasteiger partial charge is 0.309 e. The van der Waals surface area contributed by atoms with Crippen LogP contribution in [0.2, 0.25) is 0 Å². The molecule has 3 heteroatoms. The lowest BCUT2D eigenvalue weighted by Crippen LogP contribution is -2.32. The lowest BCUT2D eigenvalue weighted by molar-refractivity contribution is 0.208. The number of hydrogen-bond acceptors (Lipinski definition) is 2. The minimum atomic E-state index is 0.450. The molecule has 102 valence electrons. The minimum Gasteiger partial charge on any atom is -0.309 e. The zero-order valence-corrected chi connectivity index (χ0v) is 12.0. The summed E-state index contributed by atoms with van der Waals surface area (Å²) in [6.07, 6.45) is 8.92. The molecular formula is C15H27N3. The topological polar surface area (TPSA) is 29.9 Å². The Hall–Kier alpha value is -0.830. The molecule has 18 heavy (non-hydrogen) atoms. The van der Waals surface area contributed by atoms with Gasteiger partial charge in [0.25, 0.3) is 0 Å². The Bertz CT molecular complexity index is 358. The Kier molecular flexibility index (Phi) is 4.81. The van der Waals surface area contributed by atoms with Crippen molar-refractivity contribution in [1.82, 2.24) is 15.1 Å². The molecule has 1 aliphatic rings. The van der Waals surface area contributed by atoms with Crippen molar-refractivity contribution in [3.8, 4) is 0 Å². The van der Waals surface area contributed by atoms with Crippen molar-refractivity contribution in [2.75, 3.05) is 6.54 Å². The van der Waals surface area contributed by atoms with Gasteiger partial charge in [-0.15, -0.1) is 0 Å². The highest BCUT2D eigenvalue weighted by Gasteiger charge is 2.29. The quantitative estimate of drug-likeness (QED) is 0.868. The maximum Gasteiger partial charge on any atom is 0.0796 e. The van der Waals surface area contributed by atoms with Gasteiger partial charge in [0.15, 0.2) is 0 Å². The lowest BCUT2D eigenvalue weighted by Gasteiger charge is -2.34. The number of hydrogen-bond donors (Lipinski definition) is 1. The van der Waals surface area contributed by atoms with Crippen molar-refractivity contribution in [2.45, 2.75) is 52.0 Å². The van der Waals surface area contributed by atoms with Crippen LogP contribution in [0.4, 0.5) is 0 Å². The zero-order chi connectivity index (χ0) is 13.0. The van der Waals surface area contributed by atoms with Crippen LogP contribution in [0.25, 0.3) is 0 Å². The maximum atomic E-state index is 4.61. The Morgan fingerprint density at radius 2 is 2.28 bits per heavy atom.